The van der Waals surface area contributed by atoms with E-state index in [1.807, 2.05) is 0 Å². The van der Waals surface area contributed by atoms with Crippen molar-refractivity contribution in [2.75, 3.05) is 0 Å². The Bertz CT molecular complexity index is 473. The largest absolute Gasteiger partial charge is 0.256 e. The van der Waals surface area contributed by atoms with Crippen LogP contribution in [0.15, 0.2) is 36.1 Å². The fraction of sp³-hybridized carbons (Fsp3) is 0.471. The van der Waals surface area contributed by atoms with Gasteiger partial charge in [0.25, 0.3) is 0 Å². The Morgan fingerprint density at radius 1 is 1.21 bits per heavy atom. The van der Waals surface area contributed by atoms with Gasteiger partial charge in [0, 0.05) is 6.20 Å². The van der Waals surface area contributed by atoms with Crippen LogP contribution in [0.1, 0.15) is 33.4 Å². The third-order valence-electron chi connectivity index (χ3n) is 3.53. The minimum absolute atomic E-state index is 0.546. The maximum atomic E-state index is 4.69. The van der Waals surface area contributed by atoms with Crippen LogP contribution in [0.5, 0.6) is 0 Å². The van der Waals surface area contributed by atoms with Gasteiger partial charge in [0.15, 0.2) is 0 Å². The van der Waals surface area contributed by atoms with Crippen molar-refractivity contribution in [2.45, 2.75) is 47.3 Å². The quantitative estimate of drug-likeness (QED) is 0.575. The normalized spacial score (nSPS) is 14.1. The zero-order valence-electron chi connectivity index (χ0n) is 13.4. The van der Waals surface area contributed by atoms with Gasteiger partial charge in [0.05, 0.1) is 13.8 Å². The molecule has 1 aromatic heterocycles. The van der Waals surface area contributed by atoms with Gasteiger partial charge < -0.3 is 0 Å². The first-order chi connectivity index (χ1) is 8.77. The molecule has 0 aliphatic rings. The number of rotatable bonds is 4. The van der Waals surface area contributed by atoms with Crippen molar-refractivity contribution in [2.24, 2.45) is 5.92 Å². The molecule has 0 aromatic carbocycles. The number of aromatic nitrogens is 1. The average molecular weight is 273 g/mol. The molecular formula is C17H27NSi. The molecule has 1 aromatic rings. The Labute approximate surface area is 119 Å². The Morgan fingerprint density at radius 3 is 2.21 bits per heavy atom. The van der Waals surface area contributed by atoms with Gasteiger partial charge in [-0.3, -0.25) is 4.98 Å². The minimum Gasteiger partial charge on any atom is -0.256 e. The van der Waals surface area contributed by atoms with E-state index in [4.69, 9.17) is 4.98 Å². The van der Waals surface area contributed by atoms with Crippen molar-refractivity contribution in [3.63, 3.8) is 0 Å². The van der Waals surface area contributed by atoms with Crippen LogP contribution in [-0.4, -0.2) is 13.1 Å². The first-order valence-corrected chi connectivity index (χ1v) is 10.6. The average Bonchev–Trinajstić information content (AvgIpc) is 2.34. The van der Waals surface area contributed by atoms with E-state index in [2.05, 4.69) is 77.8 Å². The van der Waals surface area contributed by atoms with E-state index in [0.717, 1.165) is 5.69 Å². The van der Waals surface area contributed by atoms with Crippen LogP contribution in [0.3, 0.4) is 0 Å². The number of allylic oxidation sites excluding steroid dienone is 4. The SMILES string of the molecule is C/C=C\C(=C(\C)C(C)C)c1ccc([Si](C)(C)C)cn1. The molecule has 0 atom stereocenters. The number of hydrogen-bond acceptors (Lipinski definition) is 1. The molecule has 1 nitrogen and oxygen atoms in total. The minimum atomic E-state index is -1.26. The molecule has 0 radical (unpaired) electrons. The van der Waals surface area contributed by atoms with Gasteiger partial charge in [0.2, 0.25) is 0 Å². The van der Waals surface area contributed by atoms with Crippen LogP contribution >= 0.6 is 0 Å². The standard InChI is InChI=1S/C17H27NSi/c1-8-9-16(14(4)13(2)3)17-11-10-15(12-18-17)19(5,6)7/h8-13H,1-7H3/b9-8-,16-14+. The van der Waals surface area contributed by atoms with Gasteiger partial charge in [-0.1, -0.05) is 57.3 Å². The van der Waals surface area contributed by atoms with Crippen molar-refractivity contribution in [1.29, 1.82) is 0 Å². The van der Waals surface area contributed by atoms with Gasteiger partial charge in [-0.15, -0.1) is 0 Å². The summed E-state index contributed by atoms with van der Waals surface area (Å²) in [6.07, 6.45) is 6.33. The highest BCUT2D eigenvalue weighted by Gasteiger charge is 2.17. The van der Waals surface area contributed by atoms with Crippen molar-refractivity contribution in [3.05, 3.63) is 41.7 Å². The Morgan fingerprint density at radius 2 is 1.84 bits per heavy atom. The van der Waals surface area contributed by atoms with E-state index < -0.39 is 8.07 Å². The molecule has 0 unspecified atom stereocenters. The molecule has 19 heavy (non-hydrogen) atoms. The summed E-state index contributed by atoms with van der Waals surface area (Å²) < 4.78 is 0. The summed E-state index contributed by atoms with van der Waals surface area (Å²) in [7, 11) is -1.26. The second-order valence-corrected chi connectivity index (χ2v) is 11.5. The summed E-state index contributed by atoms with van der Waals surface area (Å²) in [4.78, 5) is 4.69. The molecule has 0 saturated heterocycles. The van der Waals surface area contributed by atoms with Crippen LogP contribution in [0, 0.1) is 5.92 Å². The van der Waals surface area contributed by atoms with Crippen LogP contribution in [-0.2, 0) is 0 Å². The Hall–Kier alpha value is -1.15. The first-order valence-electron chi connectivity index (χ1n) is 7.07. The topological polar surface area (TPSA) is 12.9 Å². The summed E-state index contributed by atoms with van der Waals surface area (Å²) in [5.41, 5.74) is 3.75. The first kappa shape index (κ1) is 15.9. The summed E-state index contributed by atoms with van der Waals surface area (Å²) in [6.45, 7) is 15.8. The molecule has 0 amide bonds. The molecular weight excluding hydrogens is 246 g/mol. The maximum absolute atomic E-state index is 4.69. The van der Waals surface area contributed by atoms with Crippen LogP contribution in [0.2, 0.25) is 19.6 Å². The lowest BCUT2D eigenvalue weighted by atomic mass is 9.96. The maximum Gasteiger partial charge on any atom is 0.0796 e. The molecule has 0 saturated carbocycles. The van der Waals surface area contributed by atoms with Crippen LogP contribution in [0.4, 0.5) is 0 Å². The lowest BCUT2D eigenvalue weighted by Gasteiger charge is -2.17. The molecule has 1 rings (SSSR count). The Kier molecular flexibility index (Phi) is 5.30. The number of nitrogens with zero attached hydrogens (tertiary/aromatic N) is 1. The lowest BCUT2D eigenvalue weighted by Crippen LogP contribution is -2.37. The fourth-order valence-electron chi connectivity index (χ4n) is 1.89. The van der Waals surface area contributed by atoms with Gasteiger partial charge in [-0.05, 0) is 36.6 Å². The Balaban J connectivity index is 3.24. The van der Waals surface area contributed by atoms with Crippen molar-refractivity contribution >= 4 is 18.8 Å². The summed E-state index contributed by atoms with van der Waals surface area (Å²) >= 11 is 0. The van der Waals surface area contributed by atoms with Crippen molar-refractivity contribution < 1.29 is 0 Å². The molecule has 2 heteroatoms. The second kappa shape index (κ2) is 6.33. The summed E-state index contributed by atoms with van der Waals surface area (Å²) in [5, 5.41) is 1.42. The zero-order valence-corrected chi connectivity index (χ0v) is 14.4. The highest BCUT2D eigenvalue weighted by Crippen LogP contribution is 2.23. The molecule has 1 heterocycles. The van der Waals surface area contributed by atoms with Crippen LogP contribution in [0.25, 0.3) is 5.57 Å². The van der Waals surface area contributed by atoms with E-state index in [0.29, 0.717) is 5.92 Å². The monoisotopic (exact) mass is 273 g/mol. The van der Waals surface area contributed by atoms with Crippen LogP contribution < -0.4 is 5.19 Å². The zero-order chi connectivity index (χ0) is 14.6. The number of pyridine rings is 1. The summed E-state index contributed by atoms with van der Waals surface area (Å²) in [5.74, 6) is 0.546. The van der Waals surface area contributed by atoms with Gasteiger partial charge in [-0.25, -0.2) is 0 Å². The predicted molar refractivity (Wildman–Crippen MR) is 89.5 cm³/mol. The van der Waals surface area contributed by atoms with Gasteiger partial charge >= 0.3 is 0 Å². The molecule has 0 aliphatic carbocycles. The number of hydrogen-bond donors (Lipinski definition) is 0. The highest BCUT2D eigenvalue weighted by molar-refractivity contribution is 6.88. The highest BCUT2D eigenvalue weighted by atomic mass is 28.3. The van der Waals surface area contributed by atoms with E-state index >= 15 is 0 Å². The fourth-order valence-corrected chi connectivity index (χ4v) is 2.93. The van der Waals surface area contributed by atoms with Gasteiger partial charge in [-0.2, -0.15) is 0 Å². The molecule has 0 spiro atoms. The van der Waals surface area contributed by atoms with Crippen molar-refractivity contribution in [1.82, 2.24) is 4.98 Å². The molecule has 0 aliphatic heterocycles. The molecule has 0 bridgehead atoms. The summed E-state index contributed by atoms with van der Waals surface area (Å²) in [6, 6.07) is 4.43. The third kappa shape index (κ3) is 4.17. The van der Waals surface area contributed by atoms with E-state index in [1.54, 1.807) is 0 Å². The lowest BCUT2D eigenvalue weighted by molar-refractivity contribution is 0.772. The second-order valence-electron chi connectivity index (χ2n) is 6.43. The predicted octanol–water partition coefficient (Wildman–Crippen LogP) is 4.63. The van der Waals surface area contributed by atoms with E-state index in [-0.39, 0.29) is 0 Å². The third-order valence-corrected chi connectivity index (χ3v) is 5.56. The smallest absolute Gasteiger partial charge is 0.0796 e. The molecule has 0 N–H and O–H groups in total. The molecule has 104 valence electrons. The van der Waals surface area contributed by atoms with E-state index in [1.165, 1.54) is 16.3 Å². The molecule has 0 fully saturated rings. The van der Waals surface area contributed by atoms with Crippen molar-refractivity contribution in [3.8, 4) is 0 Å². The van der Waals surface area contributed by atoms with Gasteiger partial charge in [0.1, 0.15) is 0 Å². The van der Waals surface area contributed by atoms with E-state index in [9.17, 15) is 0 Å².